The Morgan fingerprint density at radius 1 is 1.22 bits per heavy atom. The van der Waals surface area contributed by atoms with Crippen molar-refractivity contribution in [3.8, 4) is 0 Å². The van der Waals surface area contributed by atoms with Crippen LogP contribution in [-0.2, 0) is 23.6 Å². The molecule has 0 aliphatic heterocycles. The first-order valence-corrected chi connectivity index (χ1v) is 10.5. The maximum atomic E-state index is 13.1. The number of aryl methyl sites for hydroxylation is 1. The average Bonchev–Trinajstić information content (AvgIpc) is 3.05. The van der Waals surface area contributed by atoms with Gasteiger partial charge in [-0.2, -0.15) is 9.40 Å². The van der Waals surface area contributed by atoms with Crippen molar-refractivity contribution in [2.45, 2.75) is 45.2 Å². The van der Waals surface area contributed by atoms with Crippen LogP contribution >= 0.6 is 0 Å². The van der Waals surface area contributed by atoms with Crippen LogP contribution in [-0.4, -0.2) is 52.4 Å². The number of hydrogen-bond acceptors (Lipinski definition) is 4. The lowest BCUT2D eigenvalue weighted by atomic mass is 10.1. The van der Waals surface area contributed by atoms with Gasteiger partial charge in [-0.15, -0.1) is 0 Å². The van der Waals surface area contributed by atoms with Gasteiger partial charge in [-0.3, -0.25) is 9.48 Å². The van der Waals surface area contributed by atoms with E-state index in [0.29, 0.717) is 25.2 Å². The van der Waals surface area contributed by atoms with Gasteiger partial charge >= 0.3 is 0 Å². The van der Waals surface area contributed by atoms with Crippen LogP contribution in [0.4, 0.5) is 0 Å². The van der Waals surface area contributed by atoms with Gasteiger partial charge in [-0.05, 0) is 32.0 Å². The largest absolute Gasteiger partial charge is 0.332 e. The number of sulfonamides is 1. The molecule has 0 unspecified atom stereocenters. The number of carbonyl (C=O) groups is 1. The van der Waals surface area contributed by atoms with Crippen LogP contribution in [0.2, 0.25) is 0 Å². The molecule has 0 spiro atoms. The van der Waals surface area contributed by atoms with Gasteiger partial charge < -0.3 is 4.90 Å². The van der Waals surface area contributed by atoms with E-state index in [9.17, 15) is 13.2 Å². The van der Waals surface area contributed by atoms with Crippen molar-refractivity contribution in [2.75, 3.05) is 13.1 Å². The smallest absolute Gasteiger partial charge is 0.254 e. The van der Waals surface area contributed by atoms with Gasteiger partial charge in [0.25, 0.3) is 5.91 Å². The summed E-state index contributed by atoms with van der Waals surface area (Å²) >= 11 is 0. The second-order valence-corrected chi connectivity index (χ2v) is 8.60. The van der Waals surface area contributed by atoms with Crippen molar-refractivity contribution < 1.29 is 13.2 Å². The number of benzene rings is 1. The maximum Gasteiger partial charge on any atom is 0.254 e. The Balaban J connectivity index is 2.34. The molecule has 1 heterocycles. The SMILES string of the molecule is CCN(CC)S(=O)(=O)c1cccc(C(=O)N(Cc2cnn(C)c2)C(C)C)c1. The number of carbonyl (C=O) groups excluding carboxylic acids is 1. The topological polar surface area (TPSA) is 75.5 Å². The van der Waals surface area contributed by atoms with Gasteiger partial charge in [0.15, 0.2) is 0 Å². The second kappa shape index (κ2) is 8.67. The van der Waals surface area contributed by atoms with E-state index in [1.165, 1.54) is 16.4 Å². The summed E-state index contributed by atoms with van der Waals surface area (Å²) in [5.41, 5.74) is 1.28. The predicted molar refractivity (Wildman–Crippen MR) is 105 cm³/mol. The molecule has 0 atom stereocenters. The molecule has 27 heavy (non-hydrogen) atoms. The lowest BCUT2D eigenvalue weighted by Crippen LogP contribution is -2.36. The molecule has 1 aromatic heterocycles. The molecule has 0 aliphatic rings. The Labute approximate surface area is 161 Å². The zero-order valence-electron chi connectivity index (χ0n) is 16.6. The summed E-state index contributed by atoms with van der Waals surface area (Å²) in [6.45, 7) is 8.65. The van der Waals surface area contributed by atoms with Crippen LogP contribution in [0.15, 0.2) is 41.6 Å². The van der Waals surface area contributed by atoms with Gasteiger partial charge in [0.1, 0.15) is 0 Å². The van der Waals surface area contributed by atoms with E-state index < -0.39 is 10.0 Å². The minimum Gasteiger partial charge on any atom is -0.332 e. The van der Waals surface area contributed by atoms with Gasteiger partial charge in [0.2, 0.25) is 10.0 Å². The molecule has 0 saturated carbocycles. The fourth-order valence-corrected chi connectivity index (χ4v) is 4.41. The highest BCUT2D eigenvalue weighted by Gasteiger charge is 2.25. The zero-order valence-corrected chi connectivity index (χ0v) is 17.4. The first kappa shape index (κ1) is 21.1. The quantitative estimate of drug-likeness (QED) is 0.692. The molecule has 7 nitrogen and oxygen atoms in total. The number of nitrogens with zero attached hydrogens (tertiary/aromatic N) is 4. The molecule has 0 fully saturated rings. The summed E-state index contributed by atoms with van der Waals surface area (Å²) < 4.78 is 28.6. The summed E-state index contributed by atoms with van der Waals surface area (Å²) in [5.74, 6) is -0.203. The van der Waals surface area contributed by atoms with Crippen molar-refractivity contribution >= 4 is 15.9 Å². The van der Waals surface area contributed by atoms with E-state index in [0.717, 1.165) is 5.56 Å². The number of aromatic nitrogens is 2. The summed E-state index contributed by atoms with van der Waals surface area (Å²) in [4.78, 5) is 14.9. The van der Waals surface area contributed by atoms with Crippen molar-refractivity contribution in [1.29, 1.82) is 0 Å². The highest BCUT2D eigenvalue weighted by molar-refractivity contribution is 7.89. The van der Waals surface area contributed by atoms with Crippen LogP contribution in [0.1, 0.15) is 43.6 Å². The summed E-state index contributed by atoms with van der Waals surface area (Å²) in [7, 11) is -1.78. The molecule has 0 saturated heterocycles. The minimum absolute atomic E-state index is 0.0410. The fourth-order valence-electron chi connectivity index (χ4n) is 2.91. The molecule has 2 rings (SSSR count). The van der Waals surface area contributed by atoms with Crippen LogP contribution < -0.4 is 0 Å². The lowest BCUT2D eigenvalue weighted by Gasteiger charge is -2.27. The second-order valence-electron chi connectivity index (χ2n) is 6.67. The van der Waals surface area contributed by atoms with Crippen molar-refractivity contribution in [1.82, 2.24) is 19.0 Å². The molecule has 1 amide bonds. The van der Waals surface area contributed by atoms with Gasteiger partial charge in [-0.25, -0.2) is 8.42 Å². The Hall–Kier alpha value is -2.19. The molecule has 0 bridgehead atoms. The molecule has 0 aliphatic carbocycles. The van der Waals surface area contributed by atoms with Crippen LogP contribution in [0.5, 0.6) is 0 Å². The summed E-state index contributed by atoms with van der Waals surface area (Å²) in [6, 6.07) is 6.23. The van der Waals surface area contributed by atoms with E-state index in [-0.39, 0.29) is 16.8 Å². The van der Waals surface area contributed by atoms with Gasteiger partial charge in [0, 0.05) is 50.0 Å². The van der Waals surface area contributed by atoms with Crippen LogP contribution in [0.25, 0.3) is 0 Å². The maximum absolute atomic E-state index is 13.1. The van der Waals surface area contributed by atoms with E-state index >= 15 is 0 Å². The Bertz CT molecular complexity index is 886. The minimum atomic E-state index is -3.61. The van der Waals surface area contributed by atoms with Crippen molar-refractivity contribution in [3.05, 3.63) is 47.8 Å². The molecule has 148 valence electrons. The third-order valence-corrected chi connectivity index (χ3v) is 6.47. The number of amides is 1. The monoisotopic (exact) mass is 392 g/mol. The Morgan fingerprint density at radius 3 is 2.41 bits per heavy atom. The van der Waals surface area contributed by atoms with Crippen LogP contribution in [0, 0.1) is 0 Å². The Morgan fingerprint density at radius 2 is 1.89 bits per heavy atom. The molecular weight excluding hydrogens is 364 g/mol. The predicted octanol–water partition coefficient (Wildman–Crippen LogP) is 2.50. The van der Waals surface area contributed by atoms with Gasteiger partial charge in [0.05, 0.1) is 11.1 Å². The normalized spacial score (nSPS) is 12.0. The zero-order chi connectivity index (χ0) is 20.2. The molecular formula is C19H28N4O3S. The highest BCUT2D eigenvalue weighted by Crippen LogP contribution is 2.19. The molecule has 0 N–H and O–H groups in total. The third-order valence-electron chi connectivity index (χ3n) is 4.42. The van der Waals surface area contributed by atoms with Crippen LogP contribution in [0.3, 0.4) is 0 Å². The average molecular weight is 393 g/mol. The summed E-state index contributed by atoms with van der Waals surface area (Å²) in [6.07, 6.45) is 3.59. The lowest BCUT2D eigenvalue weighted by molar-refractivity contribution is 0.0690. The first-order valence-electron chi connectivity index (χ1n) is 9.09. The fraction of sp³-hybridized carbons (Fsp3) is 0.474. The molecule has 1 aromatic carbocycles. The van der Waals surface area contributed by atoms with E-state index in [4.69, 9.17) is 0 Å². The molecule has 8 heteroatoms. The molecule has 2 aromatic rings. The molecule has 0 radical (unpaired) electrons. The van der Waals surface area contributed by atoms with E-state index in [1.807, 2.05) is 27.1 Å². The van der Waals surface area contributed by atoms with E-state index in [2.05, 4.69) is 5.10 Å². The Kier molecular flexibility index (Phi) is 6.78. The standard InChI is InChI=1S/C19H28N4O3S/c1-6-22(7-2)27(25,26)18-10-8-9-17(11-18)19(24)23(15(3)4)14-16-12-20-21(5)13-16/h8-13,15H,6-7,14H2,1-5H3. The van der Waals surface area contributed by atoms with Crippen molar-refractivity contribution in [3.63, 3.8) is 0 Å². The van der Waals surface area contributed by atoms with Crippen molar-refractivity contribution in [2.24, 2.45) is 7.05 Å². The summed E-state index contributed by atoms with van der Waals surface area (Å²) in [5, 5.41) is 4.14. The van der Waals surface area contributed by atoms with Gasteiger partial charge in [-0.1, -0.05) is 19.9 Å². The number of rotatable bonds is 8. The number of hydrogen-bond donors (Lipinski definition) is 0. The highest BCUT2D eigenvalue weighted by atomic mass is 32.2. The van der Waals surface area contributed by atoms with E-state index in [1.54, 1.807) is 41.8 Å². The first-order chi connectivity index (χ1) is 12.7. The third kappa shape index (κ3) is 4.75.